The molecule has 4 rings (SSSR count). The molecule has 1 amide bonds. The first kappa shape index (κ1) is 15.6. The molecular formula is C17H14N8O. The molecule has 128 valence electrons. The Morgan fingerprint density at radius 3 is 2.46 bits per heavy atom. The van der Waals surface area contributed by atoms with E-state index in [2.05, 4.69) is 30.9 Å². The van der Waals surface area contributed by atoms with Gasteiger partial charge in [-0.15, -0.1) is 5.10 Å². The summed E-state index contributed by atoms with van der Waals surface area (Å²) in [7, 11) is 0. The van der Waals surface area contributed by atoms with Crippen molar-refractivity contribution in [2.75, 3.05) is 5.32 Å². The van der Waals surface area contributed by atoms with Gasteiger partial charge in [-0.2, -0.15) is 5.10 Å². The van der Waals surface area contributed by atoms with Crippen LogP contribution in [0.15, 0.2) is 67.5 Å². The first-order chi connectivity index (χ1) is 12.8. The Morgan fingerprint density at radius 1 is 1.00 bits per heavy atom. The third-order valence-corrected chi connectivity index (χ3v) is 3.77. The molecule has 0 aliphatic heterocycles. The average Bonchev–Trinajstić information content (AvgIpc) is 3.37. The van der Waals surface area contributed by atoms with E-state index < -0.39 is 0 Å². The van der Waals surface area contributed by atoms with Crippen molar-refractivity contribution in [1.29, 1.82) is 0 Å². The van der Waals surface area contributed by atoms with Crippen molar-refractivity contribution >= 4 is 11.6 Å². The Kier molecular flexibility index (Phi) is 4.17. The second-order valence-electron chi connectivity index (χ2n) is 5.55. The predicted octanol–water partition coefficient (Wildman–Crippen LogP) is 1.55. The fourth-order valence-electron chi connectivity index (χ4n) is 2.44. The number of hydrogen-bond donors (Lipinski definition) is 1. The predicted molar refractivity (Wildman–Crippen MR) is 92.7 cm³/mol. The highest BCUT2D eigenvalue weighted by Gasteiger charge is 2.07. The van der Waals surface area contributed by atoms with Crippen LogP contribution in [0.4, 0.5) is 5.69 Å². The zero-order valence-electron chi connectivity index (χ0n) is 13.6. The Labute approximate surface area is 148 Å². The lowest BCUT2D eigenvalue weighted by molar-refractivity contribution is 0.102. The molecule has 0 atom stereocenters. The third kappa shape index (κ3) is 3.46. The highest BCUT2D eigenvalue weighted by atomic mass is 16.1. The first-order valence-corrected chi connectivity index (χ1v) is 7.84. The van der Waals surface area contributed by atoms with Crippen LogP contribution in [0.2, 0.25) is 0 Å². The van der Waals surface area contributed by atoms with Crippen molar-refractivity contribution in [2.24, 2.45) is 0 Å². The molecule has 0 saturated heterocycles. The Balaban J connectivity index is 1.41. The summed E-state index contributed by atoms with van der Waals surface area (Å²) in [6.45, 7) is 0.632. The Hall–Kier alpha value is -3.88. The Morgan fingerprint density at radius 2 is 1.81 bits per heavy atom. The molecule has 0 aliphatic carbocycles. The monoisotopic (exact) mass is 346 g/mol. The summed E-state index contributed by atoms with van der Waals surface area (Å²) in [5.74, 6) is -0.183. The number of benzene rings is 2. The van der Waals surface area contributed by atoms with Crippen LogP contribution in [-0.2, 0) is 6.54 Å². The lowest BCUT2D eigenvalue weighted by Crippen LogP contribution is -2.12. The zero-order valence-corrected chi connectivity index (χ0v) is 13.6. The summed E-state index contributed by atoms with van der Waals surface area (Å²) in [6, 6.07) is 14.6. The van der Waals surface area contributed by atoms with E-state index in [4.69, 9.17) is 0 Å². The van der Waals surface area contributed by atoms with Crippen LogP contribution in [0.3, 0.4) is 0 Å². The van der Waals surface area contributed by atoms with Gasteiger partial charge in [0.05, 0.1) is 12.2 Å². The third-order valence-electron chi connectivity index (χ3n) is 3.77. The number of carbonyl (C=O) groups excluding carboxylic acids is 1. The minimum atomic E-state index is -0.183. The van der Waals surface area contributed by atoms with Gasteiger partial charge in [0.1, 0.15) is 19.0 Å². The molecule has 9 nitrogen and oxygen atoms in total. The van der Waals surface area contributed by atoms with Gasteiger partial charge in [-0.25, -0.2) is 14.3 Å². The molecule has 2 heterocycles. The van der Waals surface area contributed by atoms with Crippen molar-refractivity contribution in [1.82, 2.24) is 35.0 Å². The molecule has 0 saturated carbocycles. The van der Waals surface area contributed by atoms with Crippen LogP contribution in [0.1, 0.15) is 15.9 Å². The minimum Gasteiger partial charge on any atom is -0.322 e. The maximum absolute atomic E-state index is 12.4. The molecule has 0 spiro atoms. The van der Waals surface area contributed by atoms with Crippen molar-refractivity contribution in [3.63, 3.8) is 0 Å². The normalized spacial score (nSPS) is 10.6. The van der Waals surface area contributed by atoms with Gasteiger partial charge in [-0.05, 0) is 52.4 Å². The molecule has 4 aromatic rings. The van der Waals surface area contributed by atoms with E-state index in [1.165, 1.54) is 17.3 Å². The highest BCUT2D eigenvalue weighted by Crippen LogP contribution is 2.13. The van der Waals surface area contributed by atoms with Crippen molar-refractivity contribution < 1.29 is 4.79 Å². The quantitative estimate of drug-likeness (QED) is 0.588. The highest BCUT2D eigenvalue weighted by molar-refractivity contribution is 6.04. The number of tetrazole rings is 1. The zero-order chi connectivity index (χ0) is 17.8. The van der Waals surface area contributed by atoms with Crippen LogP contribution in [0, 0.1) is 0 Å². The number of anilines is 1. The summed E-state index contributed by atoms with van der Waals surface area (Å²) in [4.78, 5) is 16.3. The standard InChI is InChI=1S/C17H14N8O/c26-17(14-3-7-16(8-4-14)25-12-19-22-23-25)21-15-5-1-13(2-6-15)9-24-11-18-10-20-24/h1-8,10-12H,9H2,(H,21,26). The number of nitrogens with zero attached hydrogens (tertiary/aromatic N) is 7. The summed E-state index contributed by atoms with van der Waals surface area (Å²) < 4.78 is 3.26. The molecule has 0 radical (unpaired) electrons. The molecule has 2 aromatic carbocycles. The van der Waals surface area contributed by atoms with E-state index in [1.54, 1.807) is 35.3 Å². The SMILES string of the molecule is O=C(Nc1ccc(Cn2cncn2)cc1)c1ccc(-n2cnnn2)cc1. The van der Waals surface area contributed by atoms with Crippen LogP contribution in [-0.4, -0.2) is 40.9 Å². The van der Waals surface area contributed by atoms with Crippen LogP contribution >= 0.6 is 0 Å². The lowest BCUT2D eigenvalue weighted by atomic mass is 10.1. The van der Waals surface area contributed by atoms with Crippen LogP contribution < -0.4 is 5.32 Å². The molecule has 0 aliphatic rings. The lowest BCUT2D eigenvalue weighted by Gasteiger charge is -2.07. The minimum absolute atomic E-state index is 0.183. The number of carbonyl (C=O) groups is 1. The number of hydrogen-bond acceptors (Lipinski definition) is 6. The maximum Gasteiger partial charge on any atom is 0.255 e. The van der Waals surface area contributed by atoms with E-state index >= 15 is 0 Å². The van der Waals surface area contributed by atoms with Crippen molar-refractivity contribution in [2.45, 2.75) is 6.54 Å². The van der Waals surface area contributed by atoms with E-state index in [0.29, 0.717) is 12.1 Å². The van der Waals surface area contributed by atoms with E-state index in [9.17, 15) is 4.79 Å². The van der Waals surface area contributed by atoms with Gasteiger partial charge >= 0.3 is 0 Å². The molecule has 0 bridgehead atoms. The second kappa shape index (κ2) is 6.93. The van der Waals surface area contributed by atoms with E-state index in [0.717, 1.165) is 16.9 Å². The molecule has 0 unspecified atom stereocenters. The Bertz CT molecular complexity index is 976. The summed E-state index contributed by atoms with van der Waals surface area (Å²) in [6.07, 6.45) is 4.66. The molecule has 1 N–H and O–H groups in total. The molecule has 0 fully saturated rings. The van der Waals surface area contributed by atoms with Gasteiger partial charge in [0.15, 0.2) is 0 Å². The fourth-order valence-corrected chi connectivity index (χ4v) is 2.44. The maximum atomic E-state index is 12.4. The van der Waals surface area contributed by atoms with Gasteiger partial charge < -0.3 is 5.32 Å². The van der Waals surface area contributed by atoms with E-state index in [1.807, 2.05) is 24.3 Å². The summed E-state index contributed by atoms with van der Waals surface area (Å²) in [5, 5.41) is 17.9. The summed E-state index contributed by atoms with van der Waals surface area (Å²) in [5.41, 5.74) is 3.12. The molecular weight excluding hydrogens is 332 g/mol. The van der Waals surface area contributed by atoms with E-state index in [-0.39, 0.29) is 5.91 Å². The van der Waals surface area contributed by atoms with Gasteiger partial charge in [0, 0.05) is 11.3 Å². The summed E-state index contributed by atoms with van der Waals surface area (Å²) >= 11 is 0. The largest absolute Gasteiger partial charge is 0.322 e. The number of nitrogens with one attached hydrogen (secondary N) is 1. The molecule has 2 aromatic heterocycles. The smallest absolute Gasteiger partial charge is 0.255 e. The molecule has 9 heteroatoms. The average molecular weight is 346 g/mol. The van der Waals surface area contributed by atoms with Crippen LogP contribution in [0.5, 0.6) is 0 Å². The van der Waals surface area contributed by atoms with Gasteiger partial charge in [0.2, 0.25) is 0 Å². The number of amides is 1. The van der Waals surface area contributed by atoms with Gasteiger partial charge in [-0.1, -0.05) is 12.1 Å². The number of aromatic nitrogens is 7. The topological polar surface area (TPSA) is 103 Å². The fraction of sp³-hybridized carbons (Fsp3) is 0.0588. The van der Waals surface area contributed by atoms with Crippen LogP contribution in [0.25, 0.3) is 5.69 Å². The number of rotatable bonds is 5. The van der Waals surface area contributed by atoms with Gasteiger partial charge in [-0.3, -0.25) is 4.79 Å². The second-order valence-corrected chi connectivity index (χ2v) is 5.55. The molecule has 26 heavy (non-hydrogen) atoms. The van der Waals surface area contributed by atoms with Crippen molar-refractivity contribution in [3.8, 4) is 5.69 Å². The van der Waals surface area contributed by atoms with Crippen molar-refractivity contribution in [3.05, 3.63) is 78.6 Å². The van der Waals surface area contributed by atoms with Gasteiger partial charge in [0.25, 0.3) is 5.91 Å². The first-order valence-electron chi connectivity index (χ1n) is 7.84.